The Balaban J connectivity index is 2.79. The maximum atomic E-state index is 11.3. The molecule has 0 radical (unpaired) electrons. The number of aromatic nitrogens is 2. The molecule has 1 aliphatic heterocycles. The van der Waals surface area contributed by atoms with Crippen molar-refractivity contribution < 1.29 is 18.3 Å². The van der Waals surface area contributed by atoms with Crippen LogP contribution in [0.5, 0.6) is 0 Å². The minimum Gasteiger partial charge on any atom is -0.478 e. The summed E-state index contributed by atoms with van der Waals surface area (Å²) in [4.78, 5) is 17.8. The lowest BCUT2D eigenvalue weighted by atomic mass is 10.2. The fraction of sp³-hybridized carbons (Fsp3) is 0. The highest BCUT2D eigenvalue weighted by Gasteiger charge is 2.31. The first-order chi connectivity index (χ1) is 6.52. The molecule has 1 aliphatic rings. The second-order valence-corrected chi connectivity index (χ2v) is 4.34. The van der Waals surface area contributed by atoms with Gasteiger partial charge in [0.25, 0.3) is 0 Å². The van der Waals surface area contributed by atoms with E-state index < -0.39 is 15.8 Å². The van der Waals surface area contributed by atoms with Gasteiger partial charge in [-0.3, -0.25) is 0 Å². The van der Waals surface area contributed by atoms with Gasteiger partial charge in [-0.15, -0.1) is 0 Å². The molecule has 0 aliphatic carbocycles. The third-order valence-electron chi connectivity index (χ3n) is 1.74. The number of carbonyl (C=O) groups is 1. The van der Waals surface area contributed by atoms with Crippen LogP contribution in [0, 0.1) is 0 Å². The van der Waals surface area contributed by atoms with Gasteiger partial charge in [-0.25, -0.2) is 23.2 Å². The topological polar surface area (TPSA) is 97.2 Å². The smallest absolute Gasteiger partial charge is 0.337 e. The van der Waals surface area contributed by atoms with Gasteiger partial charge in [0.15, 0.2) is 5.03 Å². The minimum atomic E-state index is -3.69. The number of carboxylic acids is 1. The largest absolute Gasteiger partial charge is 0.478 e. The number of rotatable bonds is 1. The Morgan fingerprint density at radius 2 is 2.14 bits per heavy atom. The predicted molar refractivity (Wildman–Crippen MR) is 44.8 cm³/mol. The van der Waals surface area contributed by atoms with Crippen molar-refractivity contribution in [2.24, 2.45) is 0 Å². The molecule has 1 aromatic rings. The van der Waals surface area contributed by atoms with Crippen LogP contribution < -0.4 is 0 Å². The first-order valence-corrected chi connectivity index (χ1v) is 5.07. The van der Waals surface area contributed by atoms with Crippen LogP contribution in [-0.4, -0.2) is 29.5 Å². The molecule has 0 fully saturated rings. The summed E-state index contributed by atoms with van der Waals surface area (Å²) in [5.41, 5.74) is -0.249. The quantitative estimate of drug-likeness (QED) is 0.641. The highest BCUT2D eigenvalue weighted by atomic mass is 32.2. The van der Waals surface area contributed by atoms with Gasteiger partial charge < -0.3 is 5.11 Å². The fourth-order valence-electron chi connectivity index (χ4n) is 1.17. The van der Waals surface area contributed by atoms with Crippen LogP contribution in [0.4, 0.5) is 0 Å². The summed E-state index contributed by atoms with van der Waals surface area (Å²) in [6.45, 7) is 0. The lowest BCUT2D eigenvalue weighted by Crippen LogP contribution is -1.99. The maximum Gasteiger partial charge on any atom is 0.337 e. The van der Waals surface area contributed by atoms with E-state index >= 15 is 0 Å². The molecule has 2 rings (SSSR count). The molecule has 0 unspecified atom stereocenters. The Labute approximate surface area is 78.9 Å². The molecule has 1 N–H and O–H groups in total. The summed E-state index contributed by atoms with van der Waals surface area (Å²) in [5.74, 6) is -1.30. The van der Waals surface area contributed by atoms with E-state index in [9.17, 15) is 13.2 Å². The first-order valence-electron chi connectivity index (χ1n) is 3.53. The Morgan fingerprint density at radius 3 is 2.79 bits per heavy atom. The van der Waals surface area contributed by atoms with Crippen LogP contribution in [0.15, 0.2) is 23.0 Å². The zero-order valence-electron chi connectivity index (χ0n) is 6.71. The van der Waals surface area contributed by atoms with E-state index in [1.165, 1.54) is 6.20 Å². The van der Waals surface area contributed by atoms with E-state index in [1.54, 1.807) is 0 Å². The molecule has 2 heterocycles. The Kier molecular flexibility index (Phi) is 1.65. The average molecular weight is 212 g/mol. The Morgan fingerprint density at radius 1 is 1.43 bits per heavy atom. The second-order valence-electron chi connectivity index (χ2n) is 2.62. The third kappa shape index (κ3) is 1.10. The van der Waals surface area contributed by atoms with Gasteiger partial charge in [0, 0.05) is 11.8 Å². The zero-order chi connectivity index (χ0) is 10.3. The van der Waals surface area contributed by atoms with Gasteiger partial charge in [0.2, 0.25) is 9.84 Å². The van der Waals surface area contributed by atoms with Gasteiger partial charge in [0.1, 0.15) is 6.33 Å². The van der Waals surface area contributed by atoms with E-state index in [0.29, 0.717) is 5.41 Å². The van der Waals surface area contributed by atoms with Gasteiger partial charge >= 0.3 is 5.97 Å². The molecular formula is C7H4N2O4S. The van der Waals surface area contributed by atoms with E-state index in [4.69, 9.17) is 5.11 Å². The molecule has 0 atom stereocenters. The van der Waals surface area contributed by atoms with E-state index in [2.05, 4.69) is 9.97 Å². The Hall–Kier alpha value is -1.76. The summed E-state index contributed by atoms with van der Waals surface area (Å²) in [5, 5.41) is 9.15. The summed E-state index contributed by atoms with van der Waals surface area (Å²) in [6, 6.07) is 0. The lowest BCUT2D eigenvalue weighted by molar-refractivity contribution is -0.130. The van der Waals surface area contributed by atoms with E-state index in [0.717, 1.165) is 6.33 Å². The molecule has 1 aromatic heterocycles. The van der Waals surface area contributed by atoms with Crippen LogP contribution in [0.25, 0.3) is 5.57 Å². The number of hydrogen-bond acceptors (Lipinski definition) is 5. The number of carboxylic acid groups (broad SMARTS) is 1. The van der Waals surface area contributed by atoms with Gasteiger partial charge in [-0.1, -0.05) is 0 Å². The monoisotopic (exact) mass is 212 g/mol. The highest BCUT2D eigenvalue weighted by molar-refractivity contribution is 7.94. The number of fused-ring (bicyclic) bond motifs is 1. The van der Waals surface area contributed by atoms with Crippen molar-refractivity contribution in [3.8, 4) is 0 Å². The SMILES string of the molecule is O=C(O)C1=CS(=O)(=O)c2ncncc21. The van der Waals surface area contributed by atoms with Crippen molar-refractivity contribution in [3.05, 3.63) is 23.5 Å². The highest BCUT2D eigenvalue weighted by Crippen LogP contribution is 2.30. The average Bonchev–Trinajstić information content (AvgIpc) is 2.40. The van der Waals surface area contributed by atoms with Crippen LogP contribution in [0.1, 0.15) is 5.56 Å². The molecule has 0 aromatic carbocycles. The van der Waals surface area contributed by atoms with Crippen LogP contribution >= 0.6 is 0 Å². The number of nitrogens with zero attached hydrogens (tertiary/aromatic N) is 2. The maximum absolute atomic E-state index is 11.3. The summed E-state index contributed by atoms with van der Waals surface area (Å²) < 4.78 is 22.7. The lowest BCUT2D eigenvalue weighted by Gasteiger charge is -1.96. The number of aliphatic carboxylic acids is 1. The van der Waals surface area contributed by atoms with Crippen molar-refractivity contribution >= 4 is 21.4 Å². The molecule has 0 bridgehead atoms. The Bertz CT molecular complexity index is 547. The molecule has 7 heteroatoms. The third-order valence-corrected chi connectivity index (χ3v) is 3.15. The van der Waals surface area contributed by atoms with Crippen LogP contribution in [0.3, 0.4) is 0 Å². The van der Waals surface area contributed by atoms with Crippen LogP contribution in [-0.2, 0) is 14.6 Å². The molecule has 0 saturated carbocycles. The van der Waals surface area contributed by atoms with Gasteiger partial charge in [-0.05, 0) is 0 Å². The summed E-state index contributed by atoms with van der Waals surface area (Å²) >= 11 is 0. The molecule has 0 amide bonds. The fourth-order valence-corrected chi connectivity index (χ4v) is 2.48. The standard InChI is InChI=1S/C7H4N2O4S/c10-7(11)5-2-14(12,13)6-4(5)1-8-3-9-6/h1-3H,(H,10,11). The van der Waals surface area contributed by atoms with Crippen molar-refractivity contribution in [1.29, 1.82) is 0 Å². The van der Waals surface area contributed by atoms with Crippen molar-refractivity contribution in [1.82, 2.24) is 9.97 Å². The molecule has 0 spiro atoms. The minimum absolute atomic E-state index is 0.0417. The van der Waals surface area contributed by atoms with Gasteiger partial charge in [0.05, 0.1) is 11.0 Å². The normalized spacial score (nSPS) is 17.3. The van der Waals surface area contributed by atoms with Crippen molar-refractivity contribution in [2.45, 2.75) is 5.03 Å². The molecule has 0 saturated heterocycles. The zero-order valence-corrected chi connectivity index (χ0v) is 7.52. The summed E-state index contributed by atoms with van der Waals surface area (Å²) in [7, 11) is -3.69. The predicted octanol–water partition coefficient (Wildman–Crippen LogP) is -0.311. The second kappa shape index (κ2) is 2.61. The molecule has 14 heavy (non-hydrogen) atoms. The van der Waals surface area contributed by atoms with Crippen LogP contribution in [0.2, 0.25) is 0 Å². The first kappa shape index (κ1) is 8.82. The van der Waals surface area contributed by atoms with E-state index in [1.807, 2.05) is 0 Å². The van der Waals surface area contributed by atoms with Crippen molar-refractivity contribution in [3.63, 3.8) is 0 Å². The molecule has 6 nitrogen and oxygen atoms in total. The van der Waals surface area contributed by atoms with Crippen molar-refractivity contribution in [2.75, 3.05) is 0 Å². The van der Waals surface area contributed by atoms with E-state index in [-0.39, 0.29) is 16.2 Å². The van der Waals surface area contributed by atoms with Gasteiger partial charge in [-0.2, -0.15) is 0 Å². The molecular weight excluding hydrogens is 208 g/mol. The molecule has 72 valence electrons. The number of hydrogen-bond donors (Lipinski definition) is 1. The summed E-state index contributed by atoms with van der Waals surface area (Å²) in [6.07, 6.45) is 2.24. The number of sulfone groups is 1.